The maximum absolute atomic E-state index is 11.5. The standard InChI is InChI=1S/C11H22N2O2/c1-3-12-9(2)7-10(14)13-8-11(15)5-4-6-11/h9,12,15H,3-8H2,1-2H3,(H,13,14). The fourth-order valence-electron chi connectivity index (χ4n) is 1.80. The van der Waals surface area contributed by atoms with E-state index in [-0.39, 0.29) is 11.9 Å². The zero-order chi connectivity index (χ0) is 11.3. The number of carbonyl (C=O) groups excluding carboxylic acids is 1. The highest BCUT2D eigenvalue weighted by Crippen LogP contribution is 2.30. The van der Waals surface area contributed by atoms with Gasteiger partial charge in [-0.1, -0.05) is 6.92 Å². The van der Waals surface area contributed by atoms with Crippen LogP contribution in [-0.4, -0.2) is 35.7 Å². The third-order valence-corrected chi connectivity index (χ3v) is 2.94. The Morgan fingerprint density at radius 2 is 2.20 bits per heavy atom. The molecule has 0 aliphatic heterocycles. The number of rotatable bonds is 6. The van der Waals surface area contributed by atoms with Crippen LogP contribution in [0.2, 0.25) is 0 Å². The van der Waals surface area contributed by atoms with Crippen LogP contribution in [0.15, 0.2) is 0 Å². The van der Waals surface area contributed by atoms with Gasteiger partial charge in [-0.25, -0.2) is 0 Å². The van der Waals surface area contributed by atoms with Gasteiger partial charge in [-0.05, 0) is 32.7 Å². The first-order chi connectivity index (χ1) is 7.06. The number of hydrogen-bond acceptors (Lipinski definition) is 3. The van der Waals surface area contributed by atoms with Crippen molar-refractivity contribution in [2.24, 2.45) is 0 Å². The van der Waals surface area contributed by atoms with Crippen molar-refractivity contribution in [2.45, 2.75) is 51.2 Å². The average molecular weight is 214 g/mol. The molecule has 88 valence electrons. The fraction of sp³-hybridized carbons (Fsp3) is 0.909. The second-order valence-electron chi connectivity index (χ2n) is 4.52. The van der Waals surface area contributed by atoms with Gasteiger partial charge in [0.1, 0.15) is 0 Å². The first kappa shape index (κ1) is 12.5. The number of carbonyl (C=O) groups is 1. The topological polar surface area (TPSA) is 61.4 Å². The highest BCUT2D eigenvalue weighted by Gasteiger charge is 2.34. The highest BCUT2D eigenvalue weighted by atomic mass is 16.3. The van der Waals surface area contributed by atoms with Crippen LogP contribution >= 0.6 is 0 Å². The Hall–Kier alpha value is -0.610. The number of aliphatic hydroxyl groups is 1. The summed E-state index contributed by atoms with van der Waals surface area (Å²) in [5.41, 5.74) is -0.614. The summed E-state index contributed by atoms with van der Waals surface area (Å²) in [4.78, 5) is 11.5. The Morgan fingerprint density at radius 3 is 2.67 bits per heavy atom. The molecule has 4 heteroatoms. The average Bonchev–Trinajstić information content (AvgIpc) is 2.12. The Labute approximate surface area is 91.4 Å². The molecule has 15 heavy (non-hydrogen) atoms. The van der Waals surface area contributed by atoms with Gasteiger partial charge in [-0.15, -0.1) is 0 Å². The Bertz CT molecular complexity index is 215. The van der Waals surface area contributed by atoms with Crippen molar-refractivity contribution in [1.29, 1.82) is 0 Å². The summed E-state index contributed by atoms with van der Waals surface area (Å²) in [6, 6.07) is 0.200. The molecule has 0 spiro atoms. The lowest BCUT2D eigenvalue weighted by Crippen LogP contribution is -2.48. The molecule has 1 aliphatic rings. The van der Waals surface area contributed by atoms with E-state index in [1.807, 2.05) is 13.8 Å². The van der Waals surface area contributed by atoms with E-state index in [9.17, 15) is 9.90 Å². The second kappa shape index (κ2) is 5.47. The van der Waals surface area contributed by atoms with E-state index in [1.54, 1.807) is 0 Å². The van der Waals surface area contributed by atoms with Gasteiger partial charge in [-0.3, -0.25) is 4.79 Å². The maximum atomic E-state index is 11.5. The van der Waals surface area contributed by atoms with Gasteiger partial charge >= 0.3 is 0 Å². The molecule has 1 rings (SSSR count). The highest BCUT2D eigenvalue weighted by molar-refractivity contribution is 5.76. The van der Waals surface area contributed by atoms with Gasteiger partial charge < -0.3 is 15.7 Å². The Morgan fingerprint density at radius 1 is 1.53 bits per heavy atom. The van der Waals surface area contributed by atoms with E-state index in [2.05, 4.69) is 10.6 Å². The normalized spacial score (nSPS) is 20.5. The van der Waals surface area contributed by atoms with E-state index in [1.165, 1.54) is 0 Å². The molecule has 1 saturated carbocycles. The van der Waals surface area contributed by atoms with Crippen molar-refractivity contribution >= 4 is 5.91 Å². The number of hydrogen-bond donors (Lipinski definition) is 3. The van der Waals surface area contributed by atoms with E-state index < -0.39 is 5.60 Å². The van der Waals surface area contributed by atoms with Crippen molar-refractivity contribution in [1.82, 2.24) is 10.6 Å². The largest absolute Gasteiger partial charge is 0.388 e. The van der Waals surface area contributed by atoms with Crippen molar-refractivity contribution in [3.63, 3.8) is 0 Å². The lowest BCUT2D eigenvalue weighted by atomic mass is 9.80. The number of nitrogens with one attached hydrogen (secondary N) is 2. The van der Waals surface area contributed by atoms with E-state index in [4.69, 9.17) is 0 Å². The first-order valence-electron chi connectivity index (χ1n) is 5.78. The molecule has 0 aromatic heterocycles. The van der Waals surface area contributed by atoms with Crippen LogP contribution in [0, 0.1) is 0 Å². The van der Waals surface area contributed by atoms with E-state index in [0.29, 0.717) is 13.0 Å². The first-order valence-corrected chi connectivity index (χ1v) is 5.78. The van der Waals surface area contributed by atoms with Crippen LogP contribution in [0.5, 0.6) is 0 Å². The molecule has 1 atom stereocenters. The molecule has 1 aliphatic carbocycles. The van der Waals surface area contributed by atoms with Gasteiger partial charge in [0.2, 0.25) is 5.91 Å². The zero-order valence-corrected chi connectivity index (χ0v) is 9.68. The fourth-order valence-corrected chi connectivity index (χ4v) is 1.80. The minimum atomic E-state index is -0.614. The van der Waals surface area contributed by atoms with Crippen LogP contribution in [0.3, 0.4) is 0 Å². The second-order valence-corrected chi connectivity index (χ2v) is 4.52. The molecule has 1 amide bonds. The molecule has 0 aromatic carbocycles. The third-order valence-electron chi connectivity index (χ3n) is 2.94. The summed E-state index contributed by atoms with van der Waals surface area (Å²) in [7, 11) is 0. The van der Waals surface area contributed by atoms with Gasteiger partial charge in [0.15, 0.2) is 0 Å². The minimum absolute atomic E-state index is 0.0174. The molecule has 4 nitrogen and oxygen atoms in total. The molecule has 0 saturated heterocycles. The monoisotopic (exact) mass is 214 g/mol. The minimum Gasteiger partial charge on any atom is -0.388 e. The molecule has 0 radical (unpaired) electrons. The van der Waals surface area contributed by atoms with Gasteiger partial charge in [0.25, 0.3) is 0 Å². The summed E-state index contributed by atoms with van der Waals surface area (Å²) >= 11 is 0. The van der Waals surface area contributed by atoms with Crippen LogP contribution in [0.25, 0.3) is 0 Å². The third kappa shape index (κ3) is 4.18. The molecule has 0 bridgehead atoms. The molecule has 1 unspecified atom stereocenters. The summed E-state index contributed by atoms with van der Waals surface area (Å²) in [6.45, 7) is 5.29. The van der Waals surface area contributed by atoms with Crippen LogP contribution in [0.1, 0.15) is 39.5 Å². The number of amides is 1. The van der Waals surface area contributed by atoms with Gasteiger partial charge in [0, 0.05) is 19.0 Å². The lowest BCUT2D eigenvalue weighted by molar-refractivity contribution is -0.123. The summed E-state index contributed by atoms with van der Waals surface area (Å²) < 4.78 is 0. The summed E-state index contributed by atoms with van der Waals surface area (Å²) in [6.07, 6.45) is 3.18. The molecule has 0 aromatic rings. The predicted molar refractivity (Wildman–Crippen MR) is 59.6 cm³/mol. The zero-order valence-electron chi connectivity index (χ0n) is 9.68. The lowest BCUT2D eigenvalue weighted by Gasteiger charge is -2.36. The Balaban J connectivity index is 2.13. The Kier molecular flexibility index (Phi) is 4.54. The van der Waals surface area contributed by atoms with Gasteiger partial charge in [-0.2, -0.15) is 0 Å². The van der Waals surface area contributed by atoms with Crippen molar-refractivity contribution in [2.75, 3.05) is 13.1 Å². The molecule has 0 heterocycles. The molecule has 1 fully saturated rings. The summed E-state index contributed by atoms with van der Waals surface area (Å²) in [5, 5.41) is 15.7. The smallest absolute Gasteiger partial charge is 0.221 e. The van der Waals surface area contributed by atoms with Crippen molar-refractivity contribution < 1.29 is 9.90 Å². The van der Waals surface area contributed by atoms with Crippen molar-refractivity contribution in [3.8, 4) is 0 Å². The molecular formula is C11H22N2O2. The summed E-state index contributed by atoms with van der Waals surface area (Å²) in [5.74, 6) is 0.0174. The van der Waals surface area contributed by atoms with Gasteiger partial charge in [0.05, 0.1) is 5.60 Å². The molecule has 3 N–H and O–H groups in total. The van der Waals surface area contributed by atoms with Crippen LogP contribution in [-0.2, 0) is 4.79 Å². The molecular weight excluding hydrogens is 192 g/mol. The van der Waals surface area contributed by atoms with Crippen LogP contribution in [0.4, 0.5) is 0 Å². The quantitative estimate of drug-likeness (QED) is 0.600. The van der Waals surface area contributed by atoms with Crippen molar-refractivity contribution in [3.05, 3.63) is 0 Å². The van der Waals surface area contributed by atoms with E-state index >= 15 is 0 Å². The predicted octanol–water partition coefficient (Wildman–Crippen LogP) is 0.406. The maximum Gasteiger partial charge on any atom is 0.221 e. The van der Waals surface area contributed by atoms with Crippen LogP contribution < -0.4 is 10.6 Å². The van der Waals surface area contributed by atoms with E-state index in [0.717, 1.165) is 25.8 Å². The SMILES string of the molecule is CCNC(C)CC(=O)NCC1(O)CCC1.